The molecule has 1 aromatic rings. The lowest BCUT2D eigenvalue weighted by Gasteiger charge is -2.18. The summed E-state index contributed by atoms with van der Waals surface area (Å²) in [5.41, 5.74) is 0. The summed E-state index contributed by atoms with van der Waals surface area (Å²) in [6.07, 6.45) is -2.03. The van der Waals surface area contributed by atoms with Gasteiger partial charge in [-0.25, -0.2) is 0 Å². The van der Waals surface area contributed by atoms with Crippen LogP contribution >= 0.6 is 12.4 Å². The lowest BCUT2D eigenvalue weighted by atomic mass is 9.96. The smallest absolute Gasteiger partial charge is 0.393 e. The summed E-state index contributed by atoms with van der Waals surface area (Å²) < 4.78 is 43.7. The van der Waals surface area contributed by atoms with Crippen molar-refractivity contribution in [2.24, 2.45) is 11.8 Å². The van der Waals surface area contributed by atoms with E-state index in [9.17, 15) is 18.0 Å². The number of carbonyl (C=O) groups is 1. The number of hydrogen-bond donors (Lipinski definition) is 1. The van der Waals surface area contributed by atoms with Crippen molar-refractivity contribution in [2.75, 3.05) is 13.1 Å². The number of carboxylic acids is 1. The average molecular weight is 358 g/mol. The van der Waals surface area contributed by atoms with Gasteiger partial charge in [0.05, 0.1) is 18.4 Å². The van der Waals surface area contributed by atoms with E-state index in [2.05, 4.69) is 10.1 Å². The minimum absolute atomic E-state index is 0. The molecule has 2 rings (SSSR count). The first-order valence-electron chi connectivity index (χ1n) is 7.14. The number of nitrogens with zero attached hydrogens (tertiary/aromatic N) is 3. The molecular weight excluding hydrogens is 339 g/mol. The first-order chi connectivity index (χ1) is 10.3. The molecule has 0 aliphatic carbocycles. The molecule has 23 heavy (non-hydrogen) atoms. The molecule has 0 saturated carbocycles. The summed E-state index contributed by atoms with van der Waals surface area (Å²) in [6, 6.07) is 0. The predicted molar refractivity (Wildman–Crippen MR) is 76.1 cm³/mol. The zero-order valence-electron chi connectivity index (χ0n) is 12.5. The average Bonchev–Trinajstić information content (AvgIpc) is 3.03. The van der Waals surface area contributed by atoms with E-state index in [1.54, 1.807) is 0 Å². The highest BCUT2D eigenvalue weighted by molar-refractivity contribution is 5.85. The highest BCUT2D eigenvalue weighted by Crippen LogP contribution is 2.38. The first kappa shape index (κ1) is 19.7. The zero-order valence-corrected chi connectivity index (χ0v) is 13.4. The Bertz CT molecular complexity index is 524. The van der Waals surface area contributed by atoms with E-state index in [0.29, 0.717) is 12.3 Å². The van der Waals surface area contributed by atoms with Crippen LogP contribution in [0.2, 0.25) is 0 Å². The summed E-state index contributed by atoms with van der Waals surface area (Å²) in [4.78, 5) is 16.5. The number of unbranched alkanes of at least 4 members (excludes halogenated alkanes) is 1. The molecular formula is C13H19ClF3N3O3. The molecule has 10 heteroatoms. The van der Waals surface area contributed by atoms with Crippen molar-refractivity contribution in [3.05, 3.63) is 11.7 Å². The standard InChI is InChI=1S/C13H18F3N3O3.ClH/c1-2-3-4-11-17-10(18-22-11)7-19-5-8(12(20)21)9(6-19)13(14,15)16;/h8-9H,2-7H2,1H3,(H,20,21);1H/t8-,9-;/m1./s1. The summed E-state index contributed by atoms with van der Waals surface area (Å²) >= 11 is 0. The SMILES string of the molecule is CCCCc1nc(CN2C[C@@H](C(F)(F)F)[C@H](C(=O)O)C2)no1.Cl. The number of carboxylic acid groups (broad SMARTS) is 1. The number of aromatic nitrogens is 2. The monoisotopic (exact) mass is 357 g/mol. The molecule has 1 aromatic heterocycles. The third-order valence-electron chi connectivity index (χ3n) is 3.75. The second kappa shape index (κ2) is 7.96. The summed E-state index contributed by atoms with van der Waals surface area (Å²) in [5.74, 6) is -4.00. The van der Waals surface area contributed by atoms with Crippen LogP contribution in [0.4, 0.5) is 13.2 Å². The maximum Gasteiger partial charge on any atom is 0.393 e. The van der Waals surface area contributed by atoms with Crippen molar-refractivity contribution in [3.8, 4) is 0 Å². The van der Waals surface area contributed by atoms with Crippen LogP contribution in [-0.2, 0) is 17.8 Å². The fraction of sp³-hybridized carbons (Fsp3) is 0.769. The van der Waals surface area contributed by atoms with Gasteiger partial charge in [0.1, 0.15) is 0 Å². The van der Waals surface area contributed by atoms with Crippen LogP contribution in [-0.4, -0.2) is 45.4 Å². The maximum absolute atomic E-state index is 12.9. The lowest BCUT2D eigenvalue weighted by Crippen LogP contribution is -2.33. The molecule has 1 fully saturated rings. The number of rotatable bonds is 6. The van der Waals surface area contributed by atoms with Crippen LogP contribution < -0.4 is 0 Å². The number of alkyl halides is 3. The van der Waals surface area contributed by atoms with Gasteiger partial charge in [0.2, 0.25) is 5.89 Å². The molecule has 2 heterocycles. The van der Waals surface area contributed by atoms with E-state index >= 15 is 0 Å². The second-order valence-corrected chi connectivity index (χ2v) is 5.49. The Morgan fingerprint density at radius 2 is 2.13 bits per heavy atom. The lowest BCUT2D eigenvalue weighted by molar-refractivity contribution is -0.188. The fourth-order valence-electron chi connectivity index (χ4n) is 2.58. The largest absolute Gasteiger partial charge is 0.481 e. The van der Waals surface area contributed by atoms with Crippen LogP contribution in [0, 0.1) is 11.8 Å². The van der Waals surface area contributed by atoms with Gasteiger partial charge in [-0.15, -0.1) is 12.4 Å². The van der Waals surface area contributed by atoms with E-state index in [1.807, 2.05) is 6.92 Å². The van der Waals surface area contributed by atoms with Crippen molar-refractivity contribution in [2.45, 2.75) is 38.9 Å². The highest BCUT2D eigenvalue weighted by atomic mass is 35.5. The minimum Gasteiger partial charge on any atom is -0.481 e. The molecule has 6 nitrogen and oxygen atoms in total. The fourth-order valence-corrected chi connectivity index (χ4v) is 2.58. The third-order valence-corrected chi connectivity index (χ3v) is 3.75. The van der Waals surface area contributed by atoms with Crippen LogP contribution in [0.1, 0.15) is 31.5 Å². The third kappa shape index (κ3) is 5.07. The number of likely N-dealkylation sites (tertiary alicyclic amines) is 1. The van der Waals surface area contributed by atoms with Gasteiger partial charge in [-0.1, -0.05) is 18.5 Å². The van der Waals surface area contributed by atoms with Crippen LogP contribution in [0.25, 0.3) is 0 Å². The van der Waals surface area contributed by atoms with E-state index in [1.165, 1.54) is 4.90 Å². The topological polar surface area (TPSA) is 79.5 Å². The summed E-state index contributed by atoms with van der Waals surface area (Å²) in [7, 11) is 0. The van der Waals surface area contributed by atoms with E-state index < -0.39 is 24.0 Å². The molecule has 1 aliphatic heterocycles. The number of halogens is 4. The molecule has 1 N–H and O–H groups in total. The normalized spacial score (nSPS) is 22.1. The van der Waals surface area contributed by atoms with Crippen molar-refractivity contribution in [1.29, 1.82) is 0 Å². The van der Waals surface area contributed by atoms with Gasteiger partial charge in [-0.3, -0.25) is 9.69 Å². The maximum atomic E-state index is 12.9. The summed E-state index contributed by atoms with van der Waals surface area (Å²) in [5, 5.41) is 12.7. The van der Waals surface area contributed by atoms with Crippen molar-refractivity contribution < 1.29 is 27.6 Å². The molecule has 132 valence electrons. The Labute approximate surface area is 137 Å². The number of aliphatic carboxylic acids is 1. The molecule has 0 unspecified atom stereocenters. The highest BCUT2D eigenvalue weighted by Gasteiger charge is 2.52. The molecule has 0 bridgehead atoms. The van der Waals surface area contributed by atoms with Crippen LogP contribution in [0.15, 0.2) is 4.52 Å². The Balaban J connectivity index is 0.00000264. The van der Waals surface area contributed by atoms with Gasteiger partial charge in [0.15, 0.2) is 5.82 Å². The van der Waals surface area contributed by atoms with Gasteiger partial charge in [-0.05, 0) is 6.42 Å². The number of aryl methyl sites for hydroxylation is 1. The molecule has 0 amide bonds. The molecule has 0 aromatic carbocycles. The Kier molecular flexibility index (Phi) is 6.82. The van der Waals surface area contributed by atoms with Gasteiger partial charge >= 0.3 is 12.1 Å². The van der Waals surface area contributed by atoms with Crippen LogP contribution in [0.5, 0.6) is 0 Å². The van der Waals surface area contributed by atoms with Crippen molar-refractivity contribution >= 4 is 18.4 Å². The predicted octanol–water partition coefficient (Wildman–Crippen LogP) is 2.53. The minimum atomic E-state index is -4.53. The second-order valence-electron chi connectivity index (χ2n) is 5.49. The quantitative estimate of drug-likeness (QED) is 0.842. The zero-order chi connectivity index (χ0) is 16.3. The summed E-state index contributed by atoms with van der Waals surface area (Å²) in [6.45, 7) is 1.55. The van der Waals surface area contributed by atoms with E-state index in [-0.39, 0.29) is 37.9 Å². The molecule has 2 atom stereocenters. The van der Waals surface area contributed by atoms with E-state index in [4.69, 9.17) is 9.63 Å². The van der Waals surface area contributed by atoms with Gasteiger partial charge in [0.25, 0.3) is 0 Å². The molecule has 1 saturated heterocycles. The van der Waals surface area contributed by atoms with Gasteiger partial charge in [-0.2, -0.15) is 18.2 Å². The van der Waals surface area contributed by atoms with Crippen molar-refractivity contribution in [3.63, 3.8) is 0 Å². The first-order valence-corrected chi connectivity index (χ1v) is 7.14. The Morgan fingerprint density at radius 3 is 2.65 bits per heavy atom. The van der Waals surface area contributed by atoms with Gasteiger partial charge < -0.3 is 9.63 Å². The molecule has 1 aliphatic rings. The van der Waals surface area contributed by atoms with E-state index in [0.717, 1.165) is 12.8 Å². The van der Waals surface area contributed by atoms with Gasteiger partial charge in [0, 0.05) is 19.5 Å². The van der Waals surface area contributed by atoms with Crippen molar-refractivity contribution in [1.82, 2.24) is 15.0 Å². The molecule has 0 spiro atoms. The Hall–Kier alpha value is -1.35. The molecule has 0 radical (unpaired) electrons. The van der Waals surface area contributed by atoms with Crippen LogP contribution in [0.3, 0.4) is 0 Å². The number of hydrogen-bond acceptors (Lipinski definition) is 5. The Morgan fingerprint density at radius 1 is 1.43 bits per heavy atom.